The Morgan fingerprint density at radius 2 is 1.59 bits per heavy atom. The van der Waals surface area contributed by atoms with Gasteiger partial charge in [0.2, 0.25) is 12.0 Å². The van der Waals surface area contributed by atoms with Crippen molar-refractivity contribution in [2.24, 2.45) is 0 Å². The Kier molecular flexibility index (Phi) is 8.39. The Bertz CT molecular complexity index is 1030. The van der Waals surface area contributed by atoms with Crippen LogP contribution < -0.4 is 0 Å². The number of phenols is 1. The van der Waals surface area contributed by atoms with Gasteiger partial charge >= 0.3 is 11.9 Å². The molecule has 0 unspecified atom stereocenters. The number of carboxylic acids is 1. The van der Waals surface area contributed by atoms with Crippen LogP contribution >= 0.6 is 0 Å². The van der Waals surface area contributed by atoms with Crippen LogP contribution in [-0.2, 0) is 23.8 Å². The van der Waals surface area contributed by atoms with Gasteiger partial charge in [-0.2, -0.15) is 0 Å². The maximum absolute atomic E-state index is 12.0. The Labute approximate surface area is 194 Å². The molecule has 1 saturated heterocycles. The van der Waals surface area contributed by atoms with Gasteiger partial charge in [-0.15, -0.1) is 0 Å². The van der Waals surface area contributed by atoms with Gasteiger partial charge in [0, 0.05) is 6.08 Å². The third-order valence-electron chi connectivity index (χ3n) is 4.91. The molecule has 0 aliphatic carbocycles. The summed E-state index contributed by atoms with van der Waals surface area (Å²) < 4.78 is 15.7. The van der Waals surface area contributed by atoms with E-state index in [4.69, 9.17) is 14.2 Å². The van der Waals surface area contributed by atoms with E-state index < -0.39 is 55.0 Å². The van der Waals surface area contributed by atoms with E-state index in [1.54, 1.807) is 42.5 Å². The highest BCUT2D eigenvalue weighted by molar-refractivity contribution is 5.90. The van der Waals surface area contributed by atoms with Crippen molar-refractivity contribution in [1.82, 2.24) is 0 Å². The van der Waals surface area contributed by atoms with E-state index in [-0.39, 0.29) is 5.75 Å². The molecular weight excluding hydrogens is 448 g/mol. The number of benzene rings is 2. The van der Waals surface area contributed by atoms with Gasteiger partial charge in [-0.3, -0.25) is 0 Å². The van der Waals surface area contributed by atoms with E-state index in [9.17, 15) is 35.1 Å². The van der Waals surface area contributed by atoms with Gasteiger partial charge in [0.25, 0.3) is 0 Å². The minimum Gasteiger partial charge on any atom is -0.508 e. The first-order valence-electron chi connectivity index (χ1n) is 10.2. The van der Waals surface area contributed by atoms with Gasteiger partial charge in [0.15, 0.2) is 0 Å². The fourth-order valence-corrected chi connectivity index (χ4v) is 3.09. The molecule has 5 atom stereocenters. The molecule has 2 aromatic rings. The summed E-state index contributed by atoms with van der Waals surface area (Å²) in [5.41, 5.74) is 1.14. The zero-order valence-electron chi connectivity index (χ0n) is 17.8. The number of aliphatic hydroxyl groups excluding tert-OH is 3. The van der Waals surface area contributed by atoms with Crippen molar-refractivity contribution < 1.29 is 49.3 Å². The van der Waals surface area contributed by atoms with Crippen LogP contribution in [0.4, 0.5) is 0 Å². The first-order chi connectivity index (χ1) is 16.2. The average Bonchev–Trinajstić information content (AvgIpc) is 2.83. The number of carboxylic acid groups (broad SMARTS) is 1. The number of hydrogen-bond donors (Lipinski definition) is 5. The van der Waals surface area contributed by atoms with Crippen LogP contribution in [0.25, 0.3) is 12.2 Å². The number of rotatable bonds is 8. The van der Waals surface area contributed by atoms with Gasteiger partial charge < -0.3 is 39.7 Å². The van der Waals surface area contributed by atoms with Crippen molar-refractivity contribution in [2.75, 3.05) is 6.61 Å². The van der Waals surface area contributed by atoms with Crippen molar-refractivity contribution in [1.29, 1.82) is 0 Å². The smallest absolute Gasteiger partial charge is 0.371 e. The number of aromatic hydroxyl groups is 1. The first kappa shape index (κ1) is 24.9. The van der Waals surface area contributed by atoms with E-state index in [2.05, 4.69) is 0 Å². The molecule has 0 bridgehead atoms. The Hall–Kier alpha value is -3.70. The molecular formula is C24H24O10. The summed E-state index contributed by atoms with van der Waals surface area (Å²) in [6, 6.07) is 14.5. The number of phenolic OH excluding ortho intramolecular Hbond substituents is 1. The van der Waals surface area contributed by atoms with E-state index in [1.165, 1.54) is 24.3 Å². The molecule has 0 amide bonds. The molecule has 0 radical (unpaired) electrons. The molecule has 1 aliphatic heterocycles. The maximum Gasteiger partial charge on any atom is 0.371 e. The van der Waals surface area contributed by atoms with Crippen molar-refractivity contribution in [2.45, 2.75) is 30.7 Å². The summed E-state index contributed by atoms with van der Waals surface area (Å²) in [4.78, 5) is 23.6. The summed E-state index contributed by atoms with van der Waals surface area (Å²) in [6.45, 7) is -0.506. The third-order valence-corrected chi connectivity index (χ3v) is 4.91. The SMILES string of the molecule is O=C(/C=C/c1ccc(O)cc1)OC[C@H]1O[C@@H](OC(=Cc2ccccc2)C(=O)O)[C@H](O)[C@@H](O)[C@@H]1O. The lowest BCUT2D eigenvalue weighted by atomic mass is 9.99. The van der Waals surface area contributed by atoms with Gasteiger partial charge in [-0.1, -0.05) is 42.5 Å². The second kappa shape index (κ2) is 11.4. The van der Waals surface area contributed by atoms with Crippen LogP contribution in [0, 0.1) is 0 Å². The molecule has 34 heavy (non-hydrogen) atoms. The minimum atomic E-state index is -1.77. The fraction of sp³-hybridized carbons (Fsp3) is 0.250. The number of esters is 1. The van der Waals surface area contributed by atoms with E-state index >= 15 is 0 Å². The summed E-state index contributed by atoms with van der Waals surface area (Å²) in [7, 11) is 0. The normalized spacial score (nSPS) is 25.1. The molecule has 0 saturated carbocycles. The number of aliphatic carboxylic acids is 1. The molecule has 180 valence electrons. The van der Waals surface area contributed by atoms with Crippen molar-refractivity contribution in [3.8, 4) is 5.75 Å². The Balaban J connectivity index is 1.64. The highest BCUT2D eigenvalue weighted by Crippen LogP contribution is 2.25. The van der Waals surface area contributed by atoms with Crippen LogP contribution in [-0.4, -0.2) is 74.8 Å². The first-order valence-corrected chi connectivity index (χ1v) is 10.2. The van der Waals surface area contributed by atoms with Gasteiger partial charge in [-0.05, 0) is 35.4 Å². The fourth-order valence-electron chi connectivity index (χ4n) is 3.09. The lowest BCUT2D eigenvalue weighted by Gasteiger charge is -2.39. The number of aliphatic hydroxyl groups is 3. The zero-order chi connectivity index (χ0) is 24.7. The van der Waals surface area contributed by atoms with E-state index in [0.717, 1.165) is 6.08 Å². The molecule has 1 heterocycles. The number of hydrogen-bond acceptors (Lipinski definition) is 9. The molecule has 0 aromatic heterocycles. The highest BCUT2D eigenvalue weighted by Gasteiger charge is 2.46. The second-order valence-electron chi connectivity index (χ2n) is 7.41. The monoisotopic (exact) mass is 472 g/mol. The maximum atomic E-state index is 12.0. The molecule has 2 aromatic carbocycles. The topological polar surface area (TPSA) is 163 Å². The van der Waals surface area contributed by atoms with Crippen LogP contribution in [0.1, 0.15) is 11.1 Å². The standard InChI is InChI=1S/C24H24O10/c25-16-9-6-14(7-10-16)8-11-19(26)32-13-18-20(27)21(28)22(29)24(34-18)33-17(23(30)31)12-15-4-2-1-3-5-15/h1-12,18,20-22,24-25,27-29H,13H2,(H,30,31)/b11-8+,17-12?/t18-,20-,21+,22-,24-/m1/s1. The Morgan fingerprint density at radius 1 is 0.912 bits per heavy atom. The molecule has 1 aliphatic rings. The van der Waals surface area contributed by atoms with Crippen LogP contribution in [0.3, 0.4) is 0 Å². The van der Waals surface area contributed by atoms with Crippen molar-refractivity contribution >= 4 is 24.1 Å². The molecule has 10 heteroatoms. The number of carbonyl (C=O) groups is 2. The third kappa shape index (κ3) is 6.65. The molecule has 5 N–H and O–H groups in total. The lowest BCUT2D eigenvalue weighted by Crippen LogP contribution is -2.59. The summed E-state index contributed by atoms with van der Waals surface area (Å²) in [5.74, 6) is -2.71. The van der Waals surface area contributed by atoms with Crippen molar-refractivity contribution in [3.63, 3.8) is 0 Å². The zero-order valence-corrected chi connectivity index (χ0v) is 17.8. The predicted octanol–water partition coefficient (Wildman–Crippen LogP) is 0.898. The van der Waals surface area contributed by atoms with Gasteiger partial charge in [0.1, 0.15) is 36.8 Å². The lowest BCUT2D eigenvalue weighted by molar-refractivity contribution is -0.291. The predicted molar refractivity (Wildman–Crippen MR) is 118 cm³/mol. The van der Waals surface area contributed by atoms with Gasteiger partial charge in [0.05, 0.1) is 0 Å². The highest BCUT2D eigenvalue weighted by atomic mass is 16.7. The summed E-state index contributed by atoms with van der Waals surface area (Å²) >= 11 is 0. The summed E-state index contributed by atoms with van der Waals surface area (Å²) in [6.07, 6.45) is -4.34. The largest absolute Gasteiger partial charge is 0.508 e. The quantitative estimate of drug-likeness (QED) is 0.212. The van der Waals surface area contributed by atoms with E-state index in [0.29, 0.717) is 11.1 Å². The Morgan fingerprint density at radius 3 is 2.24 bits per heavy atom. The van der Waals surface area contributed by atoms with E-state index in [1.807, 2.05) is 0 Å². The average molecular weight is 472 g/mol. The number of carbonyl (C=O) groups excluding carboxylic acids is 1. The summed E-state index contributed by atoms with van der Waals surface area (Å²) in [5, 5.41) is 49.3. The van der Waals surface area contributed by atoms with Gasteiger partial charge in [-0.25, -0.2) is 9.59 Å². The van der Waals surface area contributed by atoms with Crippen LogP contribution in [0.5, 0.6) is 5.75 Å². The molecule has 3 rings (SSSR count). The molecule has 1 fully saturated rings. The molecule has 0 spiro atoms. The van der Waals surface area contributed by atoms with Crippen LogP contribution in [0.2, 0.25) is 0 Å². The minimum absolute atomic E-state index is 0.0744. The van der Waals surface area contributed by atoms with Crippen molar-refractivity contribution in [3.05, 3.63) is 77.6 Å². The number of ether oxygens (including phenoxy) is 3. The van der Waals surface area contributed by atoms with Crippen LogP contribution in [0.15, 0.2) is 66.4 Å². The molecule has 10 nitrogen and oxygen atoms in total. The second-order valence-corrected chi connectivity index (χ2v) is 7.41.